The van der Waals surface area contributed by atoms with Gasteiger partial charge in [0, 0.05) is 25.9 Å². The van der Waals surface area contributed by atoms with E-state index in [1.807, 2.05) is 58.0 Å². The Bertz CT molecular complexity index is 992. The van der Waals surface area contributed by atoms with Gasteiger partial charge in [0.05, 0.1) is 36.1 Å². The van der Waals surface area contributed by atoms with Crippen molar-refractivity contribution in [2.24, 2.45) is 0 Å². The van der Waals surface area contributed by atoms with Crippen molar-refractivity contribution in [3.8, 4) is 5.75 Å². The summed E-state index contributed by atoms with van der Waals surface area (Å²) in [6.45, 7) is 9.80. The van der Waals surface area contributed by atoms with Gasteiger partial charge in [0.15, 0.2) is 0 Å². The first-order valence-corrected chi connectivity index (χ1v) is 12.0. The molecule has 0 aliphatic carbocycles. The van der Waals surface area contributed by atoms with Crippen molar-refractivity contribution in [3.05, 3.63) is 54.6 Å². The molecule has 2 amide bonds. The highest BCUT2D eigenvalue weighted by Crippen LogP contribution is 2.37. The van der Waals surface area contributed by atoms with Crippen LogP contribution in [0, 0.1) is 0 Å². The van der Waals surface area contributed by atoms with Crippen LogP contribution in [0.25, 0.3) is 0 Å². The predicted molar refractivity (Wildman–Crippen MR) is 134 cm³/mol. The van der Waals surface area contributed by atoms with Crippen LogP contribution in [0.4, 0.5) is 0 Å². The lowest BCUT2D eigenvalue weighted by Gasteiger charge is -2.32. The minimum absolute atomic E-state index is 0.0948. The molecule has 2 aromatic rings. The molecule has 1 saturated heterocycles. The van der Waals surface area contributed by atoms with Gasteiger partial charge in [0.25, 0.3) is 5.91 Å². The van der Waals surface area contributed by atoms with Gasteiger partial charge < -0.3 is 29.4 Å². The van der Waals surface area contributed by atoms with E-state index in [0.29, 0.717) is 13.0 Å². The van der Waals surface area contributed by atoms with Gasteiger partial charge in [-0.1, -0.05) is 18.2 Å². The summed E-state index contributed by atoms with van der Waals surface area (Å²) in [5, 5.41) is 5.70. The quantitative estimate of drug-likeness (QED) is 0.453. The molecule has 0 spiro atoms. The Balaban J connectivity index is 1.75. The first-order valence-electron chi connectivity index (χ1n) is 12.0. The van der Waals surface area contributed by atoms with Crippen LogP contribution < -0.4 is 15.4 Å². The number of carbonyl (C=O) groups excluding carboxylic acids is 2. The summed E-state index contributed by atoms with van der Waals surface area (Å²) in [7, 11) is 0.756. The molecular formula is C25H35BN4O6. The molecular weight excluding hydrogens is 463 g/mol. The standard InChI is InChI=1S/C25H35BN4O6/c1-17(33-6)21(30-22(31)19-16-27-13-14-28-19)23(32)29-20(12-15-34-18-10-8-7-9-11-18)26-35-24(2,3)25(4,5)36-26/h7-11,13-14,16-17,20-21H,12,15H2,1-6H3,(H,29,32)(H,30,31)/t17-,20-,21+/m0/s1. The highest BCUT2D eigenvalue weighted by molar-refractivity contribution is 6.48. The number of benzene rings is 1. The molecule has 2 N–H and O–H groups in total. The molecule has 1 aromatic heterocycles. The van der Waals surface area contributed by atoms with E-state index in [1.165, 1.54) is 25.7 Å². The third-order valence-corrected chi connectivity index (χ3v) is 6.57. The Labute approximate surface area is 212 Å². The molecule has 36 heavy (non-hydrogen) atoms. The maximum atomic E-state index is 13.4. The highest BCUT2D eigenvalue weighted by atomic mass is 16.7. The summed E-state index contributed by atoms with van der Waals surface area (Å²) in [6.07, 6.45) is 3.99. The number of hydrogen-bond donors (Lipinski definition) is 2. The summed E-state index contributed by atoms with van der Waals surface area (Å²) >= 11 is 0. The van der Waals surface area contributed by atoms with Gasteiger partial charge in [-0.3, -0.25) is 14.6 Å². The zero-order valence-corrected chi connectivity index (χ0v) is 21.7. The minimum Gasteiger partial charge on any atom is -0.494 e. The zero-order valence-electron chi connectivity index (χ0n) is 21.7. The highest BCUT2D eigenvalue weighted by Gasteiger charge is 2.54. The first kappa shape index (κ1) is 27.6. The molecule has 11 heteroatoms. The number of methoxy groups -OCH3 is 1. The number of hydrogen-bond acceptors (Lipinski definition) is 8. The molecule has 0 bridgehead atoms. The molecule has 0 saturated carbocycles. The number of amides is 2. The van der Waals surface area contributed by atoms with E-state index in [2.05, 4.69) is 20.6 Å². The number of ether oxygens (including phenoxy) is 2. The van der Waals surface area contributed by atoms with E-state index in [0.717, 1.165) is 5.75 Å². The Morgan fingerprint density at radius 1 is 1.06 bits per heavy atom. The van der Waals surface area contributed by atoms with Crippen LogP contribution in [0.1, 0.15) is 51.5 Å². The van der Waals surface area contributed by atoms with Gasteiger partial charge in [0.2, 0.25) is 5.91 Å². The van der Waals surface area contributed by atoms with E-state index in [4.69, 9.17) is 18.8 Å². The monoisotopic (exact) mass is 498 g/mol. The van der Waals surface area contributed by atoms with Crippen molar-refractivity contribution in [1.29, 1.82) is 0 Å². The van der Waals surface area contributed by atoms with E-state index >= 15 is 0 Å². The molecule has 1 aliphatic rings. The minimum atomic E-state index is -0.996. The van der Waals surface area contributed by atoms with Crippen LogP contribution in [0.2, 0.25) is 0 Å². The lowest BCUT2D eigenvalue weighted by Crippen LogP contribution is -2.58. The second-order valence-corrected chi connectivity index (χ2v) is 9.67. The van der Waals surface area contributed by atoms with Gasteiger partial charge >= 0.3 is 7.12 Å². The average molecular weight is 498 g/mol. The fraction of sp³-hybridized carbons (Fsp3) is 0.520. The number of nitrogens with one attached hydrogen (secondary N) is 2. The SMILES string of the molecule is CO[C@@H](C)[C@@H](NC(=O)c1cnccn1)C(=O)N[C@@H](CCOc1ccccc1)B1OC(C)(C)C(C)(C)O1. The molecule has 194 valence electrons. The maximum Gasteiger partial charge on any atom is 0.481 e. The van der Waals surface area contributed by atoms with Crippen molar-refractivity contribution in [2.45, 2.75) is 70.3 Å². The van der Waals surface area contributed by atoms with Gasteiger partial charge in [-0.2, -0.15) is 0 Å². The first-order chi connectivity index (χ1) is 17.0. The van der Waals surface area contributed by atoms with Gasteiger partial charge in [-0.25, -0.2) is 4.98 Å². The van der Waals surface area contributed by atoms with E-state index in [-0.39, 0.29) is 5.69 Å². The summed E-state index contributed by atoms with van der Waals surface area (Å²) in [5.41, 5.74) is -1.07. The van der Waals surface area contributed by atoms with Gasteiger partial charge in [-0.15, -0.1) is 0 Å². The Kier molecular flexibility index (Phi) is 9.05. The van der Waals surface area contributed by atoms with Crippen molar-refractivity contribution in [1.82, 2.24) is 20.6 Å². The zero-order chi connectivity index (χ0) is 26.3. The fourth-order valence-corrected chi connectivity index (χ4v) is 3.59. The van der Waals surface area contributed by atoms with Crippen molar-refractivity contribution in [3.63, 3.8) is 0 Å². The number of nitrogens with zero attached hydrogens (tertiary/aromatic N) is 2. The molecule has 3 atom stereocenters. The molecule has 3 rings (SSSR count). The van der Waals surface area contributed by atoms with Crippen LogP contribution in [0.5, 0.6) is 5.75 Å². The third-order valence-electron chi connectivity index (χ3n) is 6.57. The largest absolute Gasteiger partial charge is 0.494 e. The Morgan fingerprint density at radius 2 is 1.72 bits per heavy atom. The molecule has 0 unspecified atom stereocenters. The van der Waals surface area contributed by atoms with Gasteiger partial charge in [0.1, 0.15) is 17.5 Å². The van der Waals surface area contributed by atoms with E-state index in [9.17, 15) is 9.59 Å². The van der Waals surface area contributed by atoms with E-state index < -0.39 is 48.2 Å². The van der Waals surface area contributed by atoms with Crippen molar-refractivity contribution < 1.29 is 28.4 Å². The normalized spacial score (nSPS) is 18.7. The van der Waals surface area contributed by atoms with Crippen LogP contribution in [0.3, 0.4) is 0 Å². The fourth-order valence-electron chi connectivity index (χ4n) is 3.59. The Hall–Kier alpha value is -3.02. The predicted octanol–water partition coefficient (Wildman–Crippen LogP) is 2.20. The molecule has 10 nitrogen and oxygen atoms in total. The van der Waals surface area contributed by atoms with Gasteiger partial charge in [-0.05, 0) is 46.8 Å². The topological polar surface area (TPSA) is 121 Å². The van der Waals surface area contributed by atoms with Crippen LogP contribution >= 0.6 is 0 Å². The number of para-hydroxylation sites is 1. The Morgan fingerprint density at radius 3 is 2.31 bits per heavy atom. The average Bonchev–Trinajstić information content (AvgIpc) is 3.08. The summed E-state index contributed by atoms with van der Waals surface area (Å²) in [4.78, 5) is 34.0. The maximum absolute atomic E-state index is 13.4. The van der Waals surface area contributed by atoms with Crippen LogP contribution in [-0.4, -0.2) is 71.9 Å². The number of rotatable bonds is 11. The molecule has 1 aromatic carbocycles. The second kappa shape index (κ2) is 11.8. The van der Waals surface area contributed by atoms with Crippen LogP contribution in [0.15, 0.2) is 48.9 Å². The second-order valence-electron chi connectivity index (χ2n) is 9.67. The summed E-state index contributed by atoms with van der Waals surface area (Å²) < 4.78 is 23.7. The lowest BCUT2D eigenvalue weighted by atomic mass is 9.76. The summed E-state index contributed by atoms with van der Waals surface area (Å²) in [6, 6.07) is 8.41. The number of carbonyl (C=O) groups is 2. The smallest absolute Gasteiger partial charge is 0.481 e. The molecule has 0 radical (unpaired) electrons. The molecule has 1 fully saturated rings. The summed E-state index contributed by atoms with van der Waals surface area (Å²) in [5.74, 6) is -0.811. The number of aromatic nitrogens is 2. The lowest BCUT2D eigenvalue weighted by molar-refractivity contribution is -0.126. The van der Waals surface area contributed by atoms with Crippen LogP contribution in [-0.2, 0) is 18.8 Å². The van der Waals surface area contributed by atoms with Crippen molar-refractivity contribution in [2.75, 3.05) is 13.7 Å². The molecule has 1 aliphatic heterocycles. The van der Waals surface area contributed by atoms with Crippen molar-refractivity contribution >= 4 is 18.9 Å². The molecule has 2 heterocycles. The third kappa shape index (κ3) is 6.80. The van der Waals surface area contributed by atoms with E-state index in [1.54, 1.807) is 6.92 Å².